The Balaban J connectivity index is 4.14. The highest BCUT2D eigenvalue weighted by molar-refractivity contribution is 5.68. The zero-order valence-electron chi connectivity index (χ0n) is 13.9. The molecule has 19 heavy (non-hydrogen) atoms. The van der Waals surface area contributed by atoms with Crippen molar-refractivity contribution in [3.63, 3.8) is 0 Å². The average Bonchev–Trinajstić information content (AvgIpc) is 2.09. The first-order valence-electron chi connectivity index (χ1n) is 7.16. The fraction of sp³-hybridized carbons (Fsp3) is 0.933. The van der Waals surface area contributed by atoms with E-state index in [1.54, 1.807) is 0 Å². The van der Waals surface area contributed by atoms with E-state index in [0.717, 1.165) is 13.0 Å². The monoisotopic (exact) mass is 272 g/mol. The molecule has 0 saturated carbocycles. The summed E-state index contributed by atoms with van der Waals surface area (Å²) in [6, 6.07) is 0.444. The Labute approximate surface area is 118 Å². The zero-order valence-corrected chi connectivity index (χ0v) is 13.9. The number of hydrogen-bond donors (Lipinski definition) is 2. The minimum Gasteiger partial charge on any atom is -0.444 e. The van der Waals surface area contributed by atoms with Crippen molar-refractivity contribution in [3.8, 4) is 0 Å². The van der Waals surface area contributed by atoms with E-state index in [-0.39, 0.29) is 11.6 Å². The Morgan fingerprint density at radius 3 is 2.05 bits per heavy atom. The minimum absolute atomic E-state index is 0.326. The average molecular weight is 272 g/mol. The van der Waals surface area contributed by atoms with Crippen LogP contribution in [0.15, 0.2) is 0 Å². The van der Waals surface area contributed by atoms with Gasteiger partial charge >= 0.3 is 6.09 Å². The molecule has 0 rings (SSSR count). The summed E-state index contributed by atoms with van der Waals surface area (Å²) in [5, 5.41) is 6.35. The van der Waals surface area contributed by atoms with E-state index in [1.165, 1.54) is 0 Å². The molecule has 114 valence electrons. The van der Waals surface area contributed by atoms with Gasteiger partial charge in [-0.25, -0.2) is 4.79 Å². The number of carbonyl (C=O) groups excluding carboxylic acids is 1. The summed E-state index contributed by atoms with van der Waals surface area (Å²) in [7, 11) is 0. The summed E-state index contributed by atoms with van der Waals surface area (Å²) in [5.41, 5.74) is -0.786. The maximum atomic E-state index is 11.7. The molecule has 0 aromatic heterocycles. The zero-order chi connectivity index (χ0) is 15.3. The van der Waals surface area contributed by atoms with E-state index in [4.69, 9.17) is 4.74 Å². The lowest BCUT2D eigenvalue weighted by Gasteiger charge is -2.30. The van der Waals surface area contributed by atoms with Crippen LogP contribution in [0.5, 0.6) is 0 Å². The molecule has 0 spiro atoms. The van der Waals surface area contributed by atoms with E-state index < -0.39 is 5.60 Å². The molecule has 0 aromatic rings. The second-order valence-electron chi connectivity index (χ2n) is 7.42. The van der Waals surface area contributed by atoms with Gasteiger partial charge in [0.05, 0.1) is 5.54 Å². The number of hydrogen-bond acceptors (Lipinski definition) is 3. The van der Waals surface area contributed by atoms with Gasteiger partial charge in [0.15, 0.2) is 0 Å². The van der Waals surface area contributed by atoms with Crippen molar-refractivity contribution < 1.29 is 9.53 Å². The van der Waals surface area contributed by atoms with Crippen LogP contribution in [0.2, 0.25) is 0 Å². The van der Waals surface area contributed by atoms with Gasteiger partial charge < -0.3 is 15.4 Å². The summed E-state index contributed by atoms with van der Waals surface area (Å²) >= 11 is 0. The Bertz CT molecular complexity index is 280. The first-order valence-corrected chi connectivity index (χ1v) is 7.16. The Morgan fingerprint density at radius 1 is 1.11 bits per heavy atom. The van der Waals surface area contributed by atoms with Crippen molar-refractivity contribution in [2.24, 2.45) is 5.92 Å². The van der Waals surface area contributed by atoms with Gasteiger partial charge in [-0.05, 0) is 53.9 Å². The summed E-state index contributed by atoms with van der Waals surface area (Å²) in [6.45, 7) is 16.9. The van der Waals surface area contributed by atoms with Gasteiger partial charge in [-0.15, -0.1) is 0 Å². The van der Waals surface area contributed by atoms with Gasteiger partial charge in [-0.3, -0.25) is 0 Å². The number of ether oxygens (including phenoxy) is 1. The molecule has 1 unspecified atom stereocenters. The van der Waals surface area contributed by atoms with Crippen molar-refractivity contribution in [1.29, 1.82) is 0 Å². The Hall–Kier alpha value is -0.770. The molecule has 0 aliphatic rings. The van der Waals surface area contributed by atoms with E-state index in [1.807, 2.05) is 34.6 Å². The first kappa shape index (κ1) is 18.2. The number of alkyl carbamates (subject to hydrolysis) is 1. The standard InChI is InChI=1S/C15H32N2O2/c1-11(2)9-12(3)16-10-15(7,8)17-13(18)19-14(4,5)6/h11-12,16H,9-10H2,1-8H3,(H,17,18). The molecule has 0 heterocycles. The highest BCUT2D eigenvalue weighted by Crippen LogP contribution is 2.10. The summed E-state index contributed by atoms with van der Waals surface area (Å²) in [6.07, 6.45) is 0.763. The van der Waals surface area contributed by atoms with Crippen molar-refractivity contribution >= 4 is 6.09 Å². The minimum atomic E-state index is -0.460. The van der Waals surface area contributed by atoms with Crippen molar-refractivity contribution in [1.82, 2.24) is 10.6 Å². The van der Waals surface area contributed by atoms with Gasteiger partial charge in [0.25, 0.3) is 0 Å². The van der Waals surface area contributed by atoms with Crippen LogP contribution in [-0.4, -0.2) is 29.8 Å². The van der Waals surface area contributed by atoms with Crippen molar-refractivity contribution in [3.05, 3.63) is 0 Å². The SMILES string of the molecule is CC(C)CC(C)NCC(C)(C)NC(=O)OC(C)(C)C. The van der Waals surface area contributed by atoms with Gasteiger partial charge in [0.1, 0.15) is 5.60 Å². The molecule has 0 aliphatic heterocycles. The normalized spacial score (nSPS) is 14.4. The molecule has 1 atom stereocenters. The lowest BCUT2D eigenvalue weighted by molar-refractivity contribution is 0.0470. The molecule has 0 saturated heterocycles. The number of rotatable bonds is 6. The Morgan fingerprint density at radius 2 is 1.63 bits per heavy atom. The topological polar surface area (TPSA) is 50.4 Å². The molecular formula is C15H32N2O2. The fourth-order valence-corrected chi connectivity index (χ4v) is 1.84. The third-order valence-electron chi connectivity index (χ3n) is 2.56. The quantitative estimate of drug-likeness (QED) is 0.780. The lowest BCUT2D eigenvalue weighted by Crippen LogP contribution is -2.53. The molecule has 1 amide bonds. The van der Waals surface area contributed by atoms with Crippen LogP contribution in [0.1, 0.15) is 61.8 Å². The summed E-state index contributed by atoms with van der Waals surface area (Å²) in [5.74, 6) is 0.671. The summed E-state index contributed by atoms with van der Waals surface area (Å²) in [4.78, 5) is 11.7. The molecule has 4 nitrogen and oxygen atoms in total. The van der Waals surface area contributed by atoms with E-state index >= 15 is 0 Å². The molecule has 0 radical (unpaired) electrons. The molecule has 0 fully saturated rings. The molecule has 0 bridgehead atoms. The van der Waals surface area contributed by atoms with Gasteiger partial charge in [0, 0.05) is 12.6 Å². The second kappa shape index (κ2) is 7.13. The predicted octanol–water partition coefficient (Wildman–Crippen LogP) is 3.31. The van der Waals surface area contributed by atoms with Gasteiger partial charge in [0.2, 0.25) is 0 Å². The van der Waals surface area contributed by atoms with Crippen LogP contribution in [0, 0.1) is 5.92 Å². The van der Waals surface area contributed by atoms with Crippen molar-refractivity contribution in [2.45, 2.75) is 79.0 Å². The predicted molar refractivity (Wildman–Crippen MR) is 80.4 cm³/mol. The van der Waals surface area contributed by atoms with Crippen LogP contribution < -0.4 is 10.6 Å². The maximum Gasteiger partial charge on any atom is 0.408 e. The number of nitrogens with one attached hydrogen (secondary N) is 2. The van der Waals surface area contributed by atoms with Crippen LogP contribution in [0.3, 0.4) is 0 Å². The molecule has 0 aromatic carbocycles. The van der Waals surface area contributed by atoms with Gasteiger partial charge in [-0.1, -0.05) is 13.8 Å². The van der Waals surface area contributed by atoms with Crippen LogP contribution in [-0.2, 0) is 4.74 Å². The van der Waals surface area contributed by atoms with E-state index in [0.29, 0.717) is 12.0 Å². The van der Waals surface area contributed by atoms with E-state index in [2.05, 4.69) is 31.4 Å². The fourth-order valence-electron chi connectivity index (χ4n) is 1.84. The smallest absolute Gasteiger partial charge is 0.408 e. The lowest BCUT2D eigenvalue weighted by atomic mass is 10.0. The molecule has 4 heteroatoms. The summed E-state index contributed by atoms with van der Waals surface area (Å²) < 4.78 is 5.27. The first-order chi connectivity index (χ1) is 8.41. The number of carbonyl (C=O) groups is 1. The third-order valence-corrected chi connectivity index (χ3v) is 2.56. The van der Waals surface area contributed by atoms with Crippen LogP contribution >= 0.6 is 0 Å². The van der Waals surface area contributed by atoms with Gasteiger partial charge in [-0.2, -0.15) is 0 Å². The number of amides is 1. The Kier molecular flexibility index (Phi) is 6.84. The highest BCUT2D eigenvalue weighted by Gasteiger charge is 2.24. The molecule has 2 N–H and O–H groups in total. The maximum absolute atomic E-state index is 11.7. The van der Waals surface area contributed by atoms with Crippen LogP contribution in [0.25, 0.3) is 0 Å². The van der Waals surface area contributed by atoms with Crippen molar-refractivity contribution in [2.75, 3.05) is 6.54 Å². The third kappa shape index (κ3) is 10.8. The highest BCUT2D eigenvalue weighted by atomic mass is 16.6. The molecule has 0 aliphatic carbocycles. The largest absolute Gasteiger partial charge is 0.444 e. The van der Waals surface area contributed by atoms with Crippen LogP contribution in [0.4, 0.5) is 4.79 Å². The van der Waals surface area contributed by atoms with E-state index in [9.17, 15) is 4.79 Å². The second-order valence-corrected chi connectivity index (χ2v) is 7.42. The molecular weight excluding hydrogens is 240 g/mol.